The van der Waals surface area contributed by atoms with Crippen molar-refractivity contribution in [1.29, 1.82) is 0 Å². The Labute approximate surface area is 96.0 Å². The minimum absolute atomic E-state index is 0.369. The zero-order chi connectivity index (χ0) is 11.1. The first-order chi connectivity index (χ1) is 7.07. The van der Waals surface area contributed by atoms with Crippen LogP contribution >= 0.6 is 15.9 Å². The van der Waals surface area contributed by atoms with Crippen molar-refractivity contribution < 1.29 is 8.78 Å². The van der Waals surface area contributed by atoms with Gasteiger partial charge in [-0.2, -0.15) is 0 Å². The maximum absolute atomic E-state index is 13.4. The van der Waals surface area contributed by atoms with Gasteiger partial charge in [0.15, 0.2) is 0 Å². The van der Waals surface area contributed by atoms with E-state index in [1.165, 1.54) is 0 Å². The number of alkyl halides is 2. The summed E-state index contributed by atoms with van der Waals surface area (Å²) in [6.45, 7) is 0.369. The fourth-order valence-electron chi connectivity index (χ4n) is 1.99. The van der Waals surface area contributed by atoms with Crippen molar-refractivity contribution in [3.8, 4) is 0 Å². The van der Waals surface area contributed by atoms with Crippen molar-refractivity contribution in [2.75, 3.05) is 13.6 Å². The monoisotopic (exact) mass is 275 g/mol. The number of nitrogens with one attached hydrogen (secondary N) is 1. The van der Waals surface area contributed by atoms with E-state index in [1.54, 1.807) is 31.3 Å². The lowest BCUT2D eigenvalue weighted by molar-refractivity contribution is 0.0934. The SMILES string of the molecule is CNC[C@@H]1[C@@H](c2ccc(Br)cc2)C1(F)F. The summed E-state index contributed by atoms with van der Waals surface area (Å²) in [5.41, 5.74) is 0.725. The number of hydrogen-bond donors (Lipinski definition) is 1. The van der Waals surface area contributed by atoms with Gasteiger partial charge in [-0.25, -0.2) is 8.78 Å². The van der Waals surface area contributed by atoms with Gasteiger partial charge >= 0.3 is 0 Å². The molecule has 1 nitrogen and oxygen atoms in total. The van der Waals surface area contributed by atoms with Crippen LogP contribution in [0.1, 0.15) is 11.5 Å². The molecule has 1 N–H and O–H groups in total. The second-order valence-electron chi connectivity index (χ2n) is 3.87. The Morgan fingerprint density at radius 3 is 2.47 bits per heavy atom. The van der Waals surface area contributed by atoms with Gasteiger partial charge < -0.3 is 5.32 Å². The zero-order valence-corrected chi connectivity index (χ0v) is 9.89. The van der Waals surface area contributed by atoms with E-state index in [9.17, 15) is 8.78 Å². The molecule has 1 aliphatic carbocycles. The van der Waals surface area contributed by atoms with E-state index < -0.39 is 17.8 Å². The van der Waals surface area contributed by atoms with E-state index in [2.05, 4.69) is 21.2 Å². The topological polar surface area (TPSA) is 12.0 Å². The van der Waals surface area contributed by atoms with Crippen LogP contribution in [-0.2, 0) is 0 Å². The van der Waals surface area contributed by atoms with Crippen molar-refractivity contribution in [3.63, 3.8) is 0 Å². The van der Waals surface area contributed by atoms with E-state index in [4.69, 9.17) is 0 Å². The number of hydrogen-bond acceptors (Lipinski definition) is 1. The summed E-state index contributed by atoms with van der Waals surface area (Å²) in [4.78, 5) is 0. The van der Waals surface area contributed by atoms with E-state index in [-0.39, 0.29) is 0 Å². The van der Waals surface area contributed by atoms with E-state index in [0.29, 0.717) is 6.54 Å². The van der Waals surface area contributed by atoms with Crippen molar-refractivity contribution in [3.05, 3.63) is 34.3 Å². The summed E-state index contributed by atoms with van der Waals surface area (Å²) in [7, 11) is 1.70. The quantitative estimate of drug-likeness (QED) is 0.894. The zero-order valence-electron chi connectivity index (χ0n) is 8.31. The minimum Gasteiger partial charge on any atom is -0.319 e. The molecule has 0 bridgehead atoms. The lowest BCUT2D eigenvalue weighted by Crippen LogP contribution is -2.13. The first-order valence-electron chi connectivity index (χ1n) is 4.85. The summed E-state index contributed by atoms with van der Waals surface area (Å²) in [6, 6.07) is 7.14. The highest BCUT2D eigenvalue weighted by Crippen LogP contribution is 2.61. The largest absolute Gasteiger partial charge is 0.319 e. The Morgan fingerprint density at radius 2 is 1.93 bits per heavy atom. The van der Waals surface area contributed by atoms with E-state index >= 15 is 0 Å². The normalized spacial score (nSPS) is 27.7. The summed E-state index contributed by atoms with van der Waals surface area (Å²) in [5.74, 6) is -3.71. The molecular weight excluding hydrogens is 264 g/mol. The van der Waals surface area contributed by atoms with Gasteiger partial charge in [0, 0.05) is 16.9 Å². The van der Waals surface area contributed by atoms with Gasteiger partial charge in [0.1, 0.15) is 0 Å². The molecule has 0 aliphatic heterocycles. The van der Waals surface area contributed by atoms with Crippen LogP contribution in [0.5, 0.6) is 0 Å². The highest BCUT2D eigenvalue weighted by molar-refractivity contribution is 9.10. The number of rotatable bonds is 3. The third-order valence-corrected chi connectivity index (χ3v) is 3.38. The van der Waals surface area contributed by atoms with Crippen LogP contribution in [0.25, 0.3) is 0 Å². The molecule has 2 atom stereocenters. The van der Waals surface area contributed by atoms with Crippen LogP contribution < -0.4 is 5.32 Å². The summed E-state index contributed by atoms with van der Waals surface area (Å²) in [5, 5.41) is 2.81. The Kier molecular flexibility index (Phi) is 2.81. The molecule has 15 heavy (non-hydrogen) atoms. The minimum atomic E-state index is -2.54. The third-order valence-electron chi connectivity index (χ3n) is 2.86. The average molecular weight is 276 g/mol. The molecule has 0 radical (unpaired) electrons. The van der Waals surface area contributed by atoms with Crippen LogP contribution in [0.15, 0.2) is 28.7 Å². The predicted molar refractivity (Wildman–Crippen MR) is 59.2 cm³/mol. The van der Waals surface area contributed by atoms with Crippen molar-refractivity contribution >= 4 is 15.9 Å². The Morgan fingerprint density at radius 1 is 1.33 bits per heavy atom. The third kappa shape index (κ3) is 1.93. The average Bonchev–Trinajstić information content (AvgIpc) is 2.71. The Balaban J connectivity index is 2.16. The number of benzene rings is 1. The van der Waals surface area contributed by atoms with E-state index in [1.807, 2.05) is 0 Å². The van der Waals surface area contributed by atoms with Crippen LogP contribution in [0.3, 0.4) is 0 Å². The van der Waals surface area contributed by atoms with Gasteiger partial charge in [-0.15, -0.1) is 0 Å². The fourth-order valence-corrected chi connectivity index (χ4v) is 2.25. The lowest BCUT2D eigenvalue weighted by Gasteiger charge is -1.98. The van der Waals surface area contributed by atoms with Gasteiger partial charge in [0.05, 0.1) is 5.92 Å². The molecule has 82 valence electrons. The lowest BCUT2D eigenvalue weighted by atomic mass is 10.1. The first-order valence-corrected chi connectivity index (χ1v) is 5.64. The van der Waals surface area contributed by atoms with Crippen LogP contribution in [0, 0.1) is 5.92 Å². The molecule has 4 heteroatoms. The molecule has 1 aliphatic rings. The Hall–Kier alpha value is -0.480. The molecule has 1 fully saturated rings. The number of halogens is 3. The van der Waals surface area contributed by atoms with E-state index in [0.717, 1.165) is 10.0 Å². The van der Waals surface area contributed by atoms with Gasteiger partial charge in [0.2, 0.25) is 0 Å². The Bertz CT molecular complexity index is 350. The molecule has 0 aromatic heterocycles. The standard InChI is InChI=1S/C11H12BrF2N/c1-15-6-9-10(11(9,13)14)7-2-4-8(12)5-3-7/h2-5,9-10,15H,6H2,1H3/t9-,10-/m1/s1. The van der Waals surface area contributed by atoms with Gasteiger partial charge in [0.25, 0.3) is 5.92 Å². The fraction of sp³-hybridized carbons (Fsp3) is 0.455. The second-order valence-corrected chi connectivity index (χ2v) is 4.78. The van der Waals surface area contributed by atoms with Gasteiger partial charge in [-0.05, 0) is 24.7 Å². The molecule has 0 unspecified atom stereocenters. The molecule has 1 saturated carbocycles. The molecule has 0 amide bonds. The van der Waals surface area contributed by atoms with Crippen molar-refractivity contribution in [2.45, 2.75) is 11.8 Å². The highest BCUT2D eigenvalue weighted by Gasteiger charge is 2.67. The predicted octanol–water partition coefficient (Wildman–Crippen LogP) is 3.02. The molecule has 0 spiro atoms. The highest BCUT2D eigenvalue weighted by atomic mass is 79.9. The maximum atomic E-state index is 13.4. The summed E-state index contributed by atoms with van der Waals surface area (Å²) in [6.07, 6.45) is 0. The second kappa shape index (κ2) is 3.83. The molecule has 1 aromatic rings. The van der Waals surface area contributed by atoms with Gasteiger partial charge in [-0.1, -0.05) is 28.1 Å². The first kappa shape index (κ1) is 11.0. The van der Waals surface area contributed by atoms with Crippen LogP contribution in [-0.4, -0.2) is 19.5 Å². The van der Waals surface area contributed by atoms with Gasteiger partial charge in [-0.3, -0.25) is 0 Å². The smallest absolute Gasteiger partial charge is 0.260 e. The summed E-state index contributed by atoms with van der Waals surface area (Å²) >= 11 is 3.29. The van der Waals surface area contributed by atoms with Crippen LogP contribution in [0.2, 0.25) is 0 Å². The van der Waals surface area contributed by atoms with Crippen molar-refractivity contribution in [1.82, 2.24) is 5.32 Å². The summed E-state index contributed by atoms with van der Waals surface area (Å²) < 4.78 is 27.7. The maximum Gasteiger partial charge on any atom is 0.260 e. The molecule has 0 heterocycles. The molecule has 1 aromatic carbocycles. The molecule has 0 saturated heterocycles. The molecular formula is C11H12BrF2N. The molecule has 2 rings (SSSR count). The van der Waals surface area contributed by atoms with Crippen molar-refractivity contribution in [2.24, 2.45) is 5.92 Å². The van der Waals surface area contributed by atoms with Crippen LogP contribution in [0.4, 0.5) is 8.78 Å².